The van der Waals surface area contributed by atoms with E-state index < -0.39 is 0 Å². The highest BCUT2D eigenvalue weighted by Crippen LogP contribution is 2.26. The lowest BCUT2D eigenvalue weighted by molar-refractivity contribution is 0.236. The normalized spacial score (nSPS) is 26.1. The molecule has 0 N–H and O–H groups in total. The fourth-order valence-corrected chi connectivity index (χ4v) is 2.22. The average molecular weight is 178 g/mol. The van der Waals surface area contributed by atoms with Gasteiger partial charge in [0.1, 0.15) is 0 Å². The summed E-state index contributed by atoms with van der Waals surface area (Å²) in [5.74, 6) is 0.850. The third-order valence-electron chi connectivity index (χ3n) is 3.17. The molecule has 0 aliphatic carbocycles. The maximum atomic E-state index is 4.23. The molecule has 0 atom stereocenters. The van der Waals surface area contributed by atoms with Crippen LogP contribution in [0.4, 0.5) is 0 Å². The van der Waals surface area contributed by atoms with Gasteiger partial charge >= 0.3 is 0 Å². The zero-order valence-electron chi connectivity index (χ0n) is 8.37. The molecule has 2 heteroatoms. The van der Waals surface area contributed by atoms with Gasteiger partial charge in [-0.05, 0) is 51.4 Å². The van der Waals surface area contributed by atoms with Crippen LogP contribution in [0.5, 0.6) is 0 Å². The van der Waals surface area contributed by atoms with Crippen molar-refractivity contribution in [3.63, 3.8) is 0 Å². The third-order valence-corrected chi connectivity index (χ3v) is 3.17. The Bertz CT molecular complexity index is 222. The molecule has 0 aromatic carbocycles. The van der Waals surface area contributed by atoms with Crippen molar-refractivity contribution in [1.82, 2.24) is 4.90 Å². The summed E-state index contributed by atoms with van der Waals surface area (Å²) in [7, 11) is 2.22. The first kappa shape index (κ1) is 8.95. The van der Waals surface area contributed by atoms with Gasteiger partial charge < -0.3 is 4.90 Å². The summed E-state index contributed by atoms with van der Waals surface area (Å²) in [6.07, 6.45) is 8.11. The summed E-state index contributed by atoms with van der Waals surface area (Å²) in [5.41, 5.74) is 1.64. The number of nitrogens with zero attached hydrogens (tertiary/aromatic N) is 2. The first-order valence-corrected chi connectivity index (χ1v) is 5.23. The van der Waals surface area contributed by atoms with Crippen LogP contribution in [0.2, 0.25) is 0 Å². The first-order valence-electron chi connectivity index (χ1n) is 5.23. The standard InChI is InChI=1S/C11H18N2/c1-13-8-4-11(5-9-13)10-2-6-12-7-3-10/h2,6,11H,3-5,7-9H2,1H3. The minimum Gasteiger partial charge on any atom is -0.306 e. The number of allylic oxidation sites excluding steroid dienone is 1. The zero-order chi connectivity index (χ0) is 9.10. The van der Waals surface area contributed by atoms with Gasteiger partial charge in [-0.15, -0.1) is 0 Å². The van der Waals surface area contributed by atoms with E-state index in [0.717, 1.165) is 12.5 Å². The molecule has 0 saturated carbocycles. The second kappa shape index (κ2) is 4.05. The Morgan fingerprint density at radius 2 is 2.15 bits per heavy atom. The van der Waals surface area contributed by atoms with E-state index >= 15 is 0 Å². The monoisotopic (exact) mass is 178 g/mol. The second-order valence-electron chi connectivity index (χ2n) is 4.12. The highest BCUT2D eigenvalue weighted by Gasteiger charge is 2.20. The maximum Gasteiger partial charge on any atom is 0.0426 e. The van der Waals surface area contributed by atoms with Crippen LogP contribution in [0.25, 0.3) is 0 Å². The predicted molar refractivity (Wildman–Crippen MR) is 56.3 cm³/mol. The zero-order valence-corrected chi connectivity index (χ0v) is 8.37. The molecule has 0 amide bonds. The second-order valence-corrected chi connectivity index (χ2v) is 4.12. The molecule has 0 spiro atoms. The van der Waals surface area contributed by atoms with Crippen molar-refractivity contribution in [2.75, 3.05) is 26.7 Å². The van der Waals surface area contributed by atoms with Crippen molar-refractivity contribution in [1.29, 1.82) is 0 Å². The summed E-state index contributed by atoms with van der Waals surface area (Å²) in [6, 6.07) is 0. The van der Waals surface area contributed by atoms with E-state index in [1.54, 1.807) is 5.57 Å². The number of likely N-dealkylation sites (tertiary alicyclic amines) is 1. The average Bonchev–Trinajstić information content (AvgIpc) is 2.20. The van der Waals surface area contributed by atoms with Crippen LogP contribution < -0.4 is 0 Å². The van der Waals surface area contributed by atoms with E-state index in [0.29, 0.717) is 0 Å². The molecule has 1 fully saturated rings. The van der Waals surface area contributed by atoms with Gasteiger partial charge in [0.2, 0.25) is 0 Å². The highest BCUT2D eigenvalue weighted by atomic mass is 15.1. The van der Waals surface area contributed by atoms with Gasteiger partial charge in [-0.2, -0.15) is 0 Å². The Kier molecular flexibility index (Phi) is 2.79. The number of rotatable bonds is 1. The Labute approximate surface area is 80.3 Å². The van der Waals surface area contributed by atoms with Crippen LogP contribution in [-0.4, -0.2) is 37.8 Å². The van der Waals surface area contributed by atoms with Crippen molar-refractivity contribution < 1.29 is 0 Å². The molecule has 0 bridgehead atoms. The maximum absolute atomic E-state index is 4.23. The van der Waals surface area contributed by atoms with Crippen molar-refractivity contribution in [2.24, 2.45) is 10.9 Å². The molecule has 2 nitrogen and oxygen atoms in total. The van der Waals surface area contributed by atoms with Crippen molar-refractivity contribution in [3.05, 3.63) is 11.6 Å². The molecule has 72 valence electrons. The van der Waals surface area contributed by atoms with Crippen molar-refractivity contribution >= 4 is 6.21 Å². The molecule has 2 rings (SSSR count). The van der Waals surface area contributed by atoms with Gasteiger partial charge in [0.15, 0.2) is 0 Å². The SMILES string of the molecule is CN1CCC(C2=CC=NCC2)CC1. The molecular weight excluding hydrogens is 160 g/mol. The van der Waals surface area contributed by atoms with Gasteiger partial charge in [0, 0.05) is 12.8 Å². The molecule has 2 heterocycles. The van der Waals surface area contributed by atoms with Crippen LogP contribution in [0.15, 0.2) is 16.6 Å². The van der Waals surface area contributed by atoms with E-state index in [1.807, 2.05) is 6.21 Å². The van der Waals surface area contributed by atoms with Gasteiger partial charge in [-0.25, -0.2) is 0 Å². The number of piperidine rings is 1. The van der Waals surface area contributed by atoms with Crippen LogP contribution >= 0.6 is 0 Å². The van der Waals surface area contributed by atoms with Gasteiger partial charge in [-0.1, -0.05) is 5.57 Å². The first-order chi connectivity index (χ1) is 6.36. The molecule has 0 unspecified atom stereocenters. The van der Waals surface area contributed by atoms with Crippen LogP contribution in [-0.2, 0) is 0 Å². The van der Waals surface area contributed by atoms with E-state index in [2.05, 4.69) is 23.0 Å². The fraction of sp³-hybridized carbons (Fsp3) is 0.727. The highest BCUT2D eigenvalue weighted by molar-refractivity contribution is 5.73. The quantitative estimate of drug-likeness (QED) is 0.597. The Morgan fingerprint density at radius 3 is 2.77 bits per heavy atom. The van der Waals surface area contributed by atoms with Gasteiger partial charge in [-0.3, -0.25) is 4.99 Å². The van der Waals surface area contributed by atoms with Crippen molar-refractivity contribution in [2.45, 2.75) is 19.3 Å². The molecule has 0 aromatic rings. The molecule has 2 aliphatic heterocycles. The van der Waals surface area contributed by atoms with E-state index in [4.69, 9.17) is 0 Å². The van der Waals surface area contributed by atoms with Crippen LogP contribution in [0.1, 0.15) is 19.3 Å². The molecular formula is C11H18N2. The minimum atomic E-state index is 0.850. The molecule has 13 heavy (non-hydrogen) atoms. The Hall–Kier alpha value is -0.630. The van der Waals surface area contributed by atoms with E-state index in [9.17, 15) is 0 Å². The number of hydrogen-bond acceptors (Lipinski definition) is 2. The number of hydrogen-bond donors (Lipinski definition) is 0. The topological polar surface area (TPSA) is 15.6 Å². The Balaban J connectivity index is 1.93. The summed E-state index contributed by atoms with van der Waals surface area (Å²) < 4.78 is 0. The summed E-state index contributed by atoms with van der Waals surface area (Å²) >= 11 is 0. The predicted octanol–water partition coefficient (Wildman–Crippen LogP) is 1.73. The van der Waals surface area contributed by atoms with Crippen LogP contribution in [0.3, 0.4) is 0 Å². The number of aliphatic imine (C=N–C) groups is 1. The summed E-state index contributed by atoms with van der Waals surface area (Å²) in [5, 5.41) is 0. The molecule has 2 aliphatic rings. The van der Waals surface area contributed by atoms with Gasteiger partial charge in [0.25, 0.3) is 0 Å². The lowest BCUT2D eigenvalue weighted by Gasteiger charge is -2.31. The van der Waals surface area contributed by atoms with E-state index in [1.165, 1.54) is 32.4 Å². The fourth-order valence-electron chi connectivity index (χ4n) is 2.22. The van der Waals surface area contributed by atoms with Gasteiger partial charge in [0.05, 0.1) is 0 Å². The van der Waals surface area contributed by atoms with Crippen LogP contribution in [0, 0.1) is 5.92 Å². The largest absolute Gasteiger partial charge is 0.306 e. The molecule has 1 saturated heterocycles. The van der Waals surface area contributed by atoms with Crippen molar-refractivity contribution in [3.8, 4) is 0 Å². The smallest absolute Gasteiger partial charge is 0.0426 e. The molecule has 0 radical (unpaired) electrons. The summed E-state index contributed by atoms with van der Waals surface area (Å²) in [4.78, 5) is 6.65. The summed E-state index contributed by atoms with van der Waals surface area (Å²) in [6.45, 7) is 3.54. The lowest BCUT2D eigenvalue weighted by Crippen LogP contribution is -2.31. The molecule has 0 aromatic heterocycles. The Morgan fingerprint density at radius 1 is 1.38 bits per heavy atom. The third kappa shape index (κ3) is 2.19. The minimum absolute atomic E-state index is 0.850. The number of dihydropyridines is 1. The van der Waals surface area contributed by atoms with E-state index in [-0.39, 0.29) is 0 Å². The lowest BCUT2D eigenvalue weighted by atomic mass is 9.87.